The van der Waals surface area contributed by atoms with Crippen molar-refractivity contribution in [3.8, 4) is 5.88 Å². The summed E-state index contributed by atoms with van der Waals surface area (Å²) >= 11 is 0. The molecule has 90 valence electrons. The summed E-state index contributed by atoms with van der Waals surface area (Å²) in [5.41, 5.74) is 0.404. The molecule has 1 spiro atoms. The number of ether oxygens (including phenoxy) is 1. The van der Waals surface area contributed by atoms with Crippen LogP contribution in [0.1, 0.15) is 25.7 Å². The van der Waals surface area contributed by atoms with E-state index in [1.807, 2.05) is 0 Å². The van der Waals surface area contributed by atoms with Crippen molar-refractivity contribution < 1.29 is 9.53 Å². The van der Waals surface area contributed by atoms with Gasteiger partial charge in [-0.05, 0) is 24.7 Å². The van der Waals surface area contributed by atoms with Gasteiger partial charge in [-0.2, -0.15) is 0 Å². The van der Waals surface area contributed by atoms with Gasteiger partial charge < -0.3 is 9.64 Å². The number of carbonyl (C=O) groups is 1. The van der Waals surface area contributed by atoms with Crippen LogP contribution in [-0.4, -0.2) is 34.1 Å². The van der Waals surface area contributed by atoms with Crippen LogP contribution < -0.4 is 4.74 Å². The second-order valence-electron chi connectivity index (χ2n) is 4.94. The predicted molar refractivity (Wildman–Crippen MR) is 60.5 cm³/mol. The first-order valence-electron chi connectivity index (χ1n) is 6.00. The minimum absolute atomic E-state index is 0.270. The maximum absolute atomic E-state index is 11.9. The molecule has 17 heavy (non-hydrogen) atoms. The molecule has 1 aliphatic heterocycles. The molecule has 2 aliphatic rings. The third-order valence-electron chi connectivity index (χ3n) is 3.84. The summed E-state index contributed by atoms with van der Waals surface area (Å²) in [5, 5.41) is 0. The van der Waals surface area contributed by atoms with E-state index < -0.39 is 0 Å². The molecule has 1 aliphatic carbocycles. The highest BCUT2D eigenvalue weighted by Crippen LogP contribution is 2.47. The molecule has 0 N–H and O–H groups in total. The molecule has 0 unspecified atom stereocenters. The smallest absolute Gasteiger partial charge is 0.389 e. The Morgan fingerprint density at radius 1 is 1.35 bits per heavy atom. The van der Waals surface area contributed by atoms with Gasteiger partial charge >= 0.3 is 6.09 Å². The van der Waals surface area contributed by atoms with Crippen molar-refractivity contribution in [2.24, 2.45) is 5.41 Å². The van der Waals surface area contributed by atoms with Crippen LogP contribution in [0.3, 0.4) is 0 Å². The van der Waals surface area contributed by atoms with Crippen LogP contribution >= 0.6 is 0 Å². The number of nitrogens with zero attached hydrogens (tertiary/aromatic N) is 3. The third-order valence-corrected chi connectivity index (χ3v) is 3.84. The standard InChI is InChI=1S/C12H15N3O2/c16-11(17-10-8-13-5-6-14-10)15-7-4-12(9-15)2-1-3-12/h5-6,8H,1-4,7,9H2. The number of hydrogen-bond donors (Lipinski definition) is 0. The quantitative estimate of drug-likeness (QED) is 0.742. The van der Waals surface area contributed by atoms with E-state index in [0.29, 0.717) is 5.41 Å². The Morgan fingerprint density at radius 3 is 2.82 bits per heavy atom. The minimum atomic E-state index is -0.297. The SMILES string of the molecule is O=C(Oc1cnccn1)N1CCC2(CCC2)C1. The number of amides is 1. The Hall–Kier alpha value is -1.65. The highest BCUT2D eigenvalue weighted by atomic mass is 16.6. The van der Waals surface area contributed by atoms with Crippen molar-refractivity contribution in [2.75, 3.05) is 13.1 Å². The van der Waals surface area contributed by atoms with E-state index in [1.165, 1.54) is 31.7 Å². The highest BCUT2D eigenvalue weighted by molar-refractivity contribution is 5.70. The average Bonchev–Trinajstić information content (AvgIpc) is 2.75. The van der Waals surface area contributed by atoms with Crippen LogP contribution in [0.5, 0.6) is 5.88 Å². The summed E-state index contributed by atoms with van der Waals surface area (Å²) in [7, 11) is 0. The normalized spacial score (nSPS) is 21.3. The van der Waals surface area contributed by atoms with Gasteiger partial charge in [0.2, 0.25) is 5.88 Å². The van der Waals surface area contributed by atoms with Crippen molar-refractivity contribution in [1.82, 2.24) is 14.9 Å². The molecule has 0 radical (unpaired) electrons. The summed E-state index contributed by atoms with van der Waals surface area (Å²) in [6.45, 7) is 1.64. The number of aromatic nitrogens is 2. The lowest BCUT2D eigenvalue weighted by Crippen LogP contribution is -2.37. The van der Waals surface area contributed by atoms with Gasteiger partial charge in [-0.1, -0.05) is 6.42 Å². The third kappa shape index (κ3) is 1.97. The summed E-state index contributed by atoms with van der Waals surface area (Å²) in [5.74, 6) is 0.270. The summed E-state index contributed by atoms with van der Waals surface area (Å²) in [4.78, 5) is 21.5. The van der Waals surface area contributed by atoms with E-state index in [4.69, 9.17) is 4.74 Å². The van der Waals surface area contributed by atoms with Crippen LogP contribution in [0, 0.1) is 5.41 Å². The average molecular weight is 233 g/mol. The van der Waals surface area contributed by atoms with Gasteiger partial charge in [0.05, 0.1) is 6.20 Å². The van der Waals surface area contributed by atoms with Crippen LogP contribution in [0.25, 0.3) is 0 Å². The molecule has 1 saturated carbocycles. The first-order valence-corrected chi connectivity index (χ1v) is 6.00. The van der Waals surface area contributed by atoms with Crippen molar-refractivity contribution >= 4 is 6.09 Å². The maximum Gasteiger partial charge on any atom is 0.416 e. The van der Waals surface area contributed by atoms with Crippen molar-refractivity contribution in [1.29, 1.82) is 0 Å². The van der Waals surface area contributed by atoms with Crippen LogP contribution in [0.2, 0.25) is 0 Å². The highest BCUT2D eigenvalue weighted by Gasteiger charge is 2.44. The van der Waals surface area contributed by atoms with Crippen LogP contribution in [0.15, 0.2) is 18.6 Å². The summed E-state index contributed by atoms with van der Waals surface area (Å²) in [6, 6.07) is 0. The molecule has 1 amide bonds. The Bertz CT molecular complexity index is 417. The summed E-state index contributed by atoms with van der Waals surface area (Å²) in [6.07, 6.45) is 9.14. The molecule has 5 heteroatoms. The first-order chi connectivity index (χ1) is 8.27. The first kappa shape index (κ1) is 10.5. The zero-order chi connectivity index (χ0) is 11.7. The van der Waals surface area contributed by atoms with E-state index in [1.54, 1.807) is 11.1 Å². The van der Waals surface area contributed by atoms with Crippen LogP contribution in [-0.2, 0) is 0 Å². The Morgan fingerprint density at radius 2 is 2.24 bits per heavy atom. The molecular weight excluding hydrogens is 218 g/mol. The topological polar surface area (TPSA) is 55.3 Å². The van der Waals surface area contributed by atoms with E-state index in [-0.39, 0.29) is 12.0 Å². The number of carbonyl (C=O) groups excluding carboxylic acids is 1. The van der Waals surface area contributed by atoms with Crippen molar-refractivity contribution in [3.05, 3.63) is 18.6 Å². The monoisotopic (exact) mass is 233 g/mol. The minimum Gasteiger partial charge on any atom is -0.389 e. The van der Waals surface area contributed by atoms with E-state index in [0.717, 1.165) is 19.5 Å². The van der Waals surface area contributed by atoms with E-state index in [2.05, 4.69) is 9.97 Å². The van der Waals surface area contributed by atoms with Crippen molar-refractivity contribution in [3.63, 3.8) is 0 Å². The van der Waals surface area contributed by atoms with Crippen LogP contribution in [0.4, 0.5) is 4.79 Å². The molecule has 2 fully saturated rings. The Kier molecular flexibility index (Phi) is 2.46. The molecule has 1 aromatic rings. The number of hydrogen-bond acceptors (Lipinski definition) is 4. The molecule has 1 aromatic heterocycles. The molecule has 5 nitrogen and oxygen atoms in total. The fourth-order valence-electron chi connectivity index (χ4n) is 2.67. The van der Waals surface area contributed by atoms with Gasteiger partial charge in [-0.3, -0.25) is 4.98 Å². The molecule has 0 bridgehead atoms. The summed E-state index contributed by atoms with van der Waals surface area (Å²) < 4.78 is 5.17. The van der Waals surface area contributed by atoms with Crippen molar-refractivity contribution in [2.45, 2.75) is 25.7 Å². The van der Waals surface area contributed by atoms with Gasteiger partial charge in [0, 0.05) is 25.5 Å². The van der Waals surface area contributed by atoms with E-state index >= 15 is 0 Å². The Labute approximate surface area is 99.8 Å². The van der Waals surface area contributed by atoms with E-state index in [9.17, 15) is 4.79 Å². The van der Waals surface area contributed by atoms with Gasteiger partial charge in [0.15, 0.2) is 0 Å². The lowest BCUT2D eigenvalue weighted by Gasteiger charge is -2.37. The second-order valence-corrected chi connectivity index (χ2v) is 4.94. The number of rotatable bonds is 1. The lowest BCUT2D eigenvalue weighted by atomic mass is 9.68. The molecule has 2 heterocycles. The molecule has 3 rings (SSSR count). The van der Waals surface area contributed by atoms with Gasteiger partial charge in [-0.25, -0.2) is 9.78 Å². The van der Waals surface area contributed by atoms with Gasteiger partial charge in [-0.15, -0.1) is 0 Å². The molecule has 0 aromatic carbocycles. The number of likely N-dealkylation sites (tertiary alicyclic amines) is 1. The van der Waals surface area contributed by atoms with Gasteiger partial charge in [0.1, 0.15) is 0 Å². The lowest BCUT2D eigenvalue weighted by molar-refractivity contribution is 0.124. The Balaban J connectivity index is 1.60. The molecular formula is C12H15N3O2. The fraction of sp³-hybridized carbons (Fsp3) is 0.583. The largest absolute Gasteiger partial charge is 0.416 e. The zero-order valence-corrected chi connectivity index (χ0v) is 9.63. The zero-order valence-electron chi connectivity index (χ0n) is 9.63. The van der Waals surface area contributed by atoms with Gasteiger partial charge in [0.25, 0.3) is 0 Å². The molecule has 0 atom stereocenters. The maximum atomic E-state index is 11.9. The second kappa shape index (κ2) is 3.98. The fourth-order valence-corrected chi connectivity index (χ4v) is 2.67. The predicted octanol–water partition coefficient (Wildman–Crippen LogP) is 1.85. The molecule has 1 saturated heterocycles.